The third kappa shape index (κ3) is 3.54. The highest BCUT2D eigenvalue weighted by atomic mass is 15.1. The first-order valence-corrected chi connectivity index (χ1v) is 11.3. The molecule has 0 atom stereocenters. The molecule has 0 aromatic heterocycles. The van der Waals surface area contributed by atoms with E-state index in [1.807, 2.05) is 0 Å². The molecule has 5 aromatic carbocycles. The lowest BCUT2D eigenvalue weighted by Crippen LogP contribution is -2.10. The number of benzene rings is 5. The van der Waals surface area contributed by atoms with Crippen LogP contribution in [-0.2, 0) is 0 Å². The van der Waals surface area contributed by atoms with E-state index in [9.17, 15) is 0 Å². The summed E-state index contributed by atoms with van der Waals surface area (Å²) in [5.41, 5.74) is 8.52. The van der Waals surface area contributed by atoms with E-state index in [-0.39, 0.29) is 0 Å². The average Bonchev–Trinajstić information content (AvgIpc) is 3.29. The molecule has 33 heavy (non-hydrogen) atoms. The Labute approximate surface area is 194 Å². The molecule has 0 spiro atoms. The van der Waals surface area contributed by atoms with E-state index in [0.29, 0.717) is 0 Å². The molecule has 0 unspecified atom stereocenters. The lowest BCUT2D eigenvalue weighted by atomic mass is 9.98. The Hall–Kier alpha value is -4.36. The van der Waals surface area contributed by atoms with Crippen LogP contribution in [-0.4, -0.2) is 0 Å². The predicted molar refractivity (Wildman–Crippen MR) is 142 cm³/mol. The zero-order valence-corrected chi connectivity index (χ0v) is 18.2. The largest absolute Gasteiger partial charge is 0.310 e. The third-order valence-electron chi connectivity index (χ3n) is 6.23. The van der Waals surface area contributed by atoms with Crippen LogP contribution in [0.4, 0.5) is 17.1 Å². The smallest absolute Gasteiger partial charge is 0.0540 e. The van der Waals surface area contributed by atoms with Crippen LogP contribution in [0.15, 0.2) is 127 Å². The Kier molecular flexibility index (Phi) is 4.86. The van der Waals surface area contributed by atoms with E-state index in [0.717, 1.165) is 11.4 Å². The van der Waals surface area contributed by atoms with Gasteiger partial charge in [0.05, 0.1) is 5.69 Å². The normalized spacial score (nSPS) is 13.4. The summed E-state index contributed by atoms with van der Waals surface area (Å²) in [5.74, 6) is 0. The van der Waals surface area contributed by atoms with Gasteiger partial charge < -0.3 is 4.90 Å². The third-order valence-corrected chi connectivity index (χ3v) is 6.23. The molecular formula is C32H23N. The van der Waals surface area contributed by atoms with Gasteiger partial charge in [-0.1, -0.05) is 103 Å². The number of hydrogen-bond acceptors (Lipinski definition) is 1. The van der Waals surface area contributed by atoms with Crippen molar-refractivity contribution >= 4 is 45.6 Å². The summed E-state index contributed by atoms with van der Waals surface area (Å²) in [7, 11) is 0. The Morgan fingerprint density at radius 1 is 0.485 bits per heavy atom. The summed E-state index contributed by atoms with van der Waals surface area (Å²) in [6, 6.07) is 42.9. The molecule has 156 valence electrons. The van der Waals surface area contributed by atoms with Gasteiger partial charge in [-0.2, -0.15) is 0 Å². The molecule has 6 rings (SSSR count). The zero-order valence-electron chi connectivity index (χ0n) is 18.2. The minimum Gasteiger partial charge on any atom is -0.310 e. The first kappa shape index (κ1) is 19.3. The van der Waals surface area contributed by atoms with Gasteiger partial charge >= 0.3 is 0 Å². The fraction of sp³-hybridized carbons (Fsp3) is 0. The fourth-order valence-corrected chi connectivity index (χ4v) is 4.69. The van der Waals surface area contributed by atoms with Crippen LogP contribution in [0.25, 0.3) is 28.5 Å². The molecule has 0 heterocycles. The van der Waals surface area contributed by atoms with E-state index < -0.39 is 0 Å². The van der Waals surface area contributed by atoms with Gasteiger partial charge in [0.25, 0.3) is 0 Å². The van der Waals surface area contributed by atoms with E-state index in [2.05, 4.69) is 144 Å². The topological polar surface area (TPSA) is 3.24 Å². The summed E-state index contributed by atoms with van der Waals surface area (Å²) >= 11 is 0. The Morgan fingerprint density at radius 3 is 1.88 bits per heavy atom. The Balaban J connectivity index is 1.54. The van der Waals surface area contributed by atoms with Crippen molar-refractivity contribution in [2.45, 2.75) is 0 Å². The van der Waals surface area contributed by atoms with Crippen molar-refractivity contribution in [1.29, 1.82) is 0 Å². The summed E-state index contributed by atoms with van der Waals surface area (Å²) in [6.07, 6.45) is 6.72. The van der Waals surface area contributed by atoms with Crippen molar-refractivity contribution in [2.75, 3.05) is 4.90 Å². The number of allylic oxidation sites excluding steroid dienone is 2. The predicted octanol–water partition coefficient (Wildman–Crippen LogP) is 8.88. The highest BCUT2D eigenvalue weighted by molar-refractivity contribution is 6.06. The minimum atomic E-state index is 1.15. The second-order valence-electron chi connectivity index (χ2n) is 8.25. The van der Waals surface area contributed by atoms with Gasteiger partial charge in [0.15, 0.2) is 0 Å². The number of para-hydroxylation sites is 2. The molecule has 1 heteroatoms. The maximum Gasteiger partial charge on any atom is 0.0540 e. The molecule has 1 nitrogen and oxygen atoms in total. The van der Waals surface area contributed by atoms with Crippen LogP contribution in [0.1, 0.15) is 16.7 Å². The summed E-state index contributed by atoms with van der Waals surface area (Å²) in [6.45, 7) is 0. The number of nitrogens with zero attached hydrogens (tertiary/aromatic N) is 1. The number of rotatable bonds is 4. The molecule has 0 fully saturated rings. The van der Waals surface area contributed by atoms with E-state index in [1.54, 1.807) is 0 Å². The van der Waals surface area contributed by atoms with Crippen molar-refractivity contribution in [3.63, 3.8) is 0 Å². The van der Waals surface area contributed by atoms with Crippen LogP contribution in [0, 0.1) is 0 Å². The average molecular weight is 422 g/mol. The summed E-state index contributed by atoms with van der Waals surface area (Å²) in [4.78, 5) is 2.34. The van der Waals surface area contributed by atoms with Crippen LogP contribution in [0.2, 0.25) is 0 Å². The first-order chi connectivity index (χ1) is 16.4. The second-order valence-corrected chi connectivity index (χ2v) is 8.25. The summed E-state index contributed by atoms with van der Waals surface area (Å²) < 4.78 is 0. The second kappa shape index (κ2) is 8.29. The molecule has 0 N–H and O–H groups in total. The van der Waals surface area contributed by atoms with Gasteiger partial charge in [0, 0.05) is 16.8 Å². The van der Waals surface area contributed by atoms with Crippen molar-refractivity contribution < 1.29 is 0 Å². The van der Waals surface area contributed by atoms with E-state index >= 15 is 0 Å². The number of hydrogen-bond donors (Lipinski definition) is 0. The van der Waals surface area contributed by atoms with Gasteiger partial charge in [-0.3, -0.25) is 0 Å². The molecule has 0 radical (unpaired) electrons. The van der Waals surface area contributed by atoms with Gasteiger partial charge in [-0.05, 0) is 64.1 Å². The van der Waals surface area contributed by atoms with Crippen LogP contribution < -0.4 is 4.90 Å². The van der Waals surface area contributed by atoms with Gasteiger partial charge in [0.2, 0.25) is 0 Å². The maximum absolute atomic E-state index is 2.34. The lowest BCUT2D eigenvalue weighted by molar-refractivity contribution is 1.30. The monoisotopic (exact) mass is 421 g/mol. The number of anilines is 3. The molecule has 0 aliphatic heterocycles. The van der Waals surface area contributed by atoms with Gasteiger partial charge in [-0.15, -0.1) is 0 Å². The Bertz CT molecular complexity index is 1450. The molecule has 0 saturated heterocycles. The standard InChI is InChI=1S/C32H23N/c1-3-13-27(14-4-1)33(28-15-5-2-6-16-28)32-20-10-18-30-25(12-9-19-31(30)32)23-26-22-21-24-11-7-8-17-29(24)26/h1-23H. The molecule has 5 aromatic rings. The summed E-state index contributed by atoms with van der Waals surface area (Å²) in [5, 5.41) is 2.48. The van der Waals surface area contributed by atoms with Gasteiger partial charge in [0.1, 0.15) is 0 Å². The molecule has 1 aliphatic carbocycles. The quantitative estimate of drug-likeness (QED) is 0.280. The van der Waals surface area contributed by atoms with Crippen molar-refractivity contribution in [2.24, 2.45) is 0 Å². The van der Waals surface area contributed by atoms with Crippen molar-refractivity contribution in [3.8, 4) is 0 Å². The van der Waals surface area contributed by atoms with E-state index in [1.165, 1.54) is 38.7 Å². The fourth-order valence-electron chi connectivity index (χ4n) is 4.69. The molecule has 0 bridgehead atoms. The van der Waals surface area contributed by atoms with Crippen LogP contribution in [0.5, 0.6) is 0 Å². The van der Waals surface area contributed by atoms with Crippen LogP contribution in [0.3, 0.4) is 0 Å². The number of fused-ring (bicyclic) bond motifs is 2. The highest BCUT2D eigenvalue weighted by Crippen LogP contribution is 2.40. The SMILES string of the molecule is C1=Cc2ccccc2C1=Cc1cccc2c(N(c3ccccc3)c3ccccc3)cccc12. The molecular weight excluding hydrogens is 398 g/mol. The lowest BCUT2D eigenvalue weighted by Gasteiger charge is -2.27. The highest BCUT2D eigenvalue weighted by Gasteiger charge is 2.16. The zero-order chi connectivity index (χ0) is 22.0. The van der Waals surface area contributed by atoms with Crippen molar-refractivity contribution in [3.05, 3.63) is 144 Å². The van der Waals surface area contributed by atoms with Crippen molar-refractivity contribution in [1.82, 2.24) is 0 Å². The molecule has 1 aliphatic rings. The van der Waals surface area contributed by atoms with Gasteiger partial charge in [-0.25, -0.2) is 0 Å². The minimum absolute atomic E-state index is 1.15. The molecule has 0 amide bonds. The maximum atomic E-state index is 2.34. The first-order valence-electron chi connectivity index (χ1n) is 11.3. The van der Waals surface area contributed by atoms with Crippen LogP contribution >= 0.6 is 0 Å². The Morgan fingerprint density at radius 2 is 1.12 bits per heavy atom. The van der Waals surface area contributed by atoms with E-state index in [4.69, 9.17) is 0 Å². The molecule has 0 saturated carbocycles.